The lowest BCUT2D eigenvalue weighted by Gasteiger charge is -2.29. The van der Waals surface area contributed by atoms with Gasteiger partial charge in [-0.2, -0.15) is 0 Å². The van der Waals surface area contributed by atoms with Crippen molar-refractivity contribution in [3.63, 3.8) is 0 Å². The second kappa shape index (κ2) is 8.45. The number of carbonyl (C=O) groups is 2. The number of amides is 2. The first kappa shape index (κ1) is 21.5. The molecule has 31 heavy (non-hydrogen) atoms. The molecule has 5 nitrogen and oxygen atoms in total. The van der Waals surface area contributed by atoms with Crippen molar-refractivity contribution in [2.45, 2.75) is 58.9 Å². The lowest BCUT2D eigenvalue weighted by atomic mass is 9.79. The van der Waals surface area contributed by atoms with Gasteiger partial charge in [0.15, 0.2) is 0 Å². The molecule has 1 aromatic carbocycles. The largest absolute Gasteiger partial charge is 0.353 e. The zero-order valence-corrected chi connectivity index (χ0v) is 18.9. The Kier molecular flexibility index (Phi) is 5.87. The Hall–Kier alpha value is -2.69. The van der Waals surface area contributed by atoms with Crippen molar-refractivity contribution in [1.29, 1.82) is 0 Å². The summed E-state index contributed by atoms with van der Waals surface area (Å²) in [6.07, 6.45) is 7.63. The van der Waals surface area contributed by atoms with E-state index >= 15 is 0 Å². The zero-order chi connectivity index (χ0) is 22.1. The average molecular weight is 420 g/mol. The number of benzene rings is 1. The highest BCUT2D eigenvalue weighted by Crippen LogP contribution is 2.37. The molecule has 2 heterocycles. The van der Waals surface area contributed by atoms with Gasteiger partial charge in [0, 0.05) is 37.9 Å². The van der Waals surface area contributed by atoms with Gasteiger partial charge in [-0.25, -0.2) is 0 Å². The molecular weight excluding hydrogens is 386 g/mol. The highest BCUT2D eigenvalue weighted by Gasteiger charge is 2.47. The topological polar surface area (TPSA) is 62.3 Å². The van der Waals surface area contributed by atoms with Crippen LogP contribution in [0.25, 0.3) is 11.1 Å². The quantitative estimate of drug-likeness (QED) is 0.762. The van der Waals surface area contributed by atoms with Crippen LogP contribution < -0.4 is 5.32 Å². The van der Waals surface area contributed by atoms with Crippen molar-refractivity contribution in [2.24, 2.45) is 10.8 Å². The predicted molar refractivity (Wildman–Crippen MR) is 122 cm³/mol. The minimum Gasteiger partial charge on any atom is -0.353 e. The van der Waals surface area contributed by atoms with Crippen molar-refractivity contribution in [2.75, 3.05) is 13.1 Å². The number of aromatic nitrogens is 1. The van der Waals surface area contributed by atoms with Gasteiger partial charge in [-0.15, -0.1) is 0 Å². The Morgan fingerprint density at radius 3 is 2.48 bits per heavy atom. The minimum atomic E-state index is -0.550. The SMILES string of the molecule is CC(C)(C)CC(=O)N1CC[C@@](Cc2ccc(-c3cccnc3)cc2)(C(=O)NC2CC2)C1. The molecule has 2 amide bonds. The van der Waals surface area contributed by atoms with Gasteiger partial charge in [0.1, 0.15) is 0 Å². The molecule has 0 unspecified atom stereocenters. The Morgan fingerprint density at radius 2 is 1.87 bits per heavy atom. The normalized spacial score (nSPS) is 21.2. The summed E-state index contributed by atoms with van der Waals surface area (Å²) in [5, 5.41) is 3.22. The second-order valence-corrected chi connectivity index (χ2v) is 10.4. The number of nitrogens with one attached hydrogen (secondary N) is 1. The molecule has 1 aliphatic carbocycles. The first-order valence-corrected chi connectivity index (χ1v) is 11.3. The highest BCUT2D eigenvalue weighted by molar-refractivity contribution is 5.86. The van der Waals surface area contributed by atoms with Gasteiger partial charge in [-0.05, 0) is 53.9 Å². The van der Waals surface area contributed by atoms with Crippen LogP contribution >= 0.6 is 0 Å². The molecule has 5 heteroatoms. The third-order valence-corrected chi connectivity index (χ3v) is 6.27. The first-order chi connectivity index (χ1) is 14.7. The highest BCUT2D eigenvalue weighted by atomic mass is 16.2. The zero-order valence-electron chi connectivity index (χ0n) is 18.9. The molecular formula is C26H33N3O2. The van der Waals surface area contributed by atoms with Crippen molar-refractivity contribution in [3.8, 4) is 11.1 Å². The number of nitrogens with zero attached hydrogens (tertiary/aromatic N) is 2. The van der Waals surface area contributed by atoms with E-state index in [1.54, 1.807) is 6.20 Å². The summed E-state index contributed by atoms with van der Waals surface area (Å²) in [5.41, 5.74) is 2.72. The molecule has 2 aliphatic rings. The first-order valence-electron chi connectivity index (χ1n) is 11.3. The number of pyridine rings is 1. The smallest absolute Gasteiger partial charge is 0.228 e. The molecule has 4 rings (SSSR count). The van der Waals surface area contributed by atoms with Gasteiger partial charge in [0.25, 0.3) is 0 Å². The second-order valence-electron chi connectivity index (χ2n) is 10.4. The maximum absolute atomic E-state index is 13.3. The number of hydrogen-bond acceptors (Lipinski definition) is 3. The summed E-state index contributed by atoms with van der Waals surface area (Å²) in [5.74, 6) is 0.262. The van der Waals surface area contributed by atoms with Crippen LogP contribution in [0.5, 0.6) is 0 Å². The molecule has 0 spiro atoms. The number of rotatable bonds is 6. The third-order valence-electron chi connectivity index (χ3n) is 6.27. The molecule has 2 fully saturated rings. The molecule has 1 atom stereocenters. The fourth-order valence-electron chi connectivity index (χ4n) is 4.37. The molecule has 1 aromatic heterocycles. The van der Waals surface area contributed by atoms with Crippen LogP contribution in [0.2, 0.25) is 0 Å². The van der Waals surface area contributed by atoms with Crippen LogP contribution in [-0.2, 0) is 16.0 Å². The van der Waals surface area contributed by atoms with Gasteiger partial charge >= 0.3 is 0 Å². The summed E-state index contributed by atoms with van der Waals surface area (Å²) in [7, 11) is 0. The van der Waals surface area contributed by atoms with E-state index in [1.165, 1.54) is 0 Å². The van der Waals surface area contributed by atoms with Crippen LogP contribution in [0.15, 0.2) is 48.8 Å². The van der Waals surface area contributed by atoms with Crippen molar-refractivity contribution in [3.05, 3.63) is 54.4 Å². The maximum Gasteiger partial charge on any atom is 0.228 e. The predicted octanol–water partition coefficient (Wildman–Crippen LogP) is 4.22. The molecule has 0 bridgehead atoms. The Balaban J connectivity index is 1.52. The van der Waals surface area contributed by atoms with E-state index in [0.717, 1.165) is 29.5 Å². The van der Waals surface area contributed by atoms with Crippen LogP contribution in [0.3, 0.4) is 0 Å². The number of hydrogen-bond donors (Lipinski definition) is 1. The summed E-state index contributed by atoms with van der Waals surface area (Å²) >= 11 is 0. The van der Waals surface area contributed by atoms with Gasteiger partial charge in [-0.3, -0.25) is 14.6 Å². The standard InChI is InChI=1S/C26H33N3O2/c1-25(2,3)16-23(30)29-14-12-26(18-29,24(31)28-22-10-11-22)15-19-6-8-20(9-7-19)21-5-4-13-27-17-21/h4-9,13,17,22H,10-12,14-16,18H2,1-3H3,(H,28,31)/t26-/m0/s1. The Labute approximate surface area is 185 Å². The molecule has 1 N–H and O–H groups in total. The third kappa shape index (κ3) is 5.33. The van der Waals surface area contributed by atoms with Crippen molar-refractivity contribution >= 4 is 11.8 Å². The Morgan fingerprint density at radius 1 is 1.13 bits per heavy atom. The van der Waals surface area contributed by atoms with E-state index < -0.39 is 5.41 Å². The van der Waals surface area contributed by atoms with Crippen LogP contribution in [0.4, 0.5) is 0 Å². The van der Waals surface area contributed by atoms with Gasteiger partial charge < -0.3 is 10.2 Å². The summed E-state index contributed by atoms with van der Waals surface area (Å²) in [6, 6.07) is 12.7. The molecule has 0 radical (unpaired) electrons. The fraction of sp³-hybridized carbons (Fsp3) is 0.500. The summed E-state index contributed by atoms with van der Waals surface area (Å²) < 4.78 is 0. The van der Waals surface area contributed by atoms with Gasteiger partial charge in [-0.1, -0.05) is 51.1 Å². The van der Waals surface area contributed by atoms with E-state index in [2.05, 4.69) is 55.3 Å². The van der Waals surface area contributed by atoms with Crippen LogP contribution in [0.1, 0.15) is 52.0 Å². The van der Waals surface area contributed by atoms with Gasteiger partial charge in [0.2, 0.25) is 11.8 Å². The van der Waals surface area contributed by atoms with Crippen molar-refractivity contribution < 1.29 is 9.59 Å². The molecule has 164 valence electrons. The molecule has 1 saturated heterocycles. The minimum absolute atomic E-state index is 0.0548. The van der Waals surface area contributed by atoms with E-state index in [0.29, 0.717) is 38.4 Å². The number of likely N-dealkylation sites (tertiary alicyclic amines) is 1. The molecule has 1 saturated carbocycles. The Bertz CT molecular complexity index is 929. The van der Waals surface area contributed by atoms with Crippen molar-refractivity contribution in [1.82, 2.24) is 15.2 Å². The van der Waals surface area contributed by atoms with E-state index in [4.69, 9.17) is 0 Å². The summed E-state index contributed by atoms with van der Waals surface area (Å²) in [4.78, 5) is 32.3. The lowest BCUT2D eigenvalue weighted by Crippen LogP contribution is -2.46. The van der Waals surface area contributed by atoms with Crippen LogP contribution in [0, 0.1) is 10.8 Å². The molecule has 1 aliphatic heterocycles. The van der Waals surface area contributed by atoms with E-state index in [1.807, 2.05) is 23.2 Å². The van der Waals surface area contributed by atoms with Crippen LogP contribution in [-0.4, -0.2) is 40.8 Å². The average Bonchev–Trinajstić information content (AvgIpc) is 3.44. The summed E-state index contributed by atoms with van der Waals surface area (Å²) in [6.45, 7) is 7.40. The van der Waals surface area contributed by atoms with E-state index in [-0.39, 0.29) is 17.2 Å². The molecule has 2 aromatic rings. The monoisotopic (exact) mass is 419 g/mol. The van der Waals surface area contributed by atoms with Gasteiger partial charge in [0.05, 0.1) is 5.41 Å². The lowest BCUT2D eigenvalue weighted by molar-refractivity contribution is -0.134. The van der Waals surface area contributed by atoms with E-state index in [9.17, 15) is 9.59 Å². The maximum atomic E-state index is 13.3. The fourth-order valence-corrected chi connectivity index (χ4v) is 4.37. The number of carbonyl (C=O) groups excluding carboxylic acids is 2.